The number of nitrogens with zero attached hydrogens (tertiary/aromatic N) is 2. The summed E-state index contributed by atoms with van der Waals surface area (Å²) in [6.45, 7) is 13.2. The molecule has 0 bridgehead atoms. The zero-order valence-corrected chi connectivity index (χ0v) is 17.9. The van der Waals surface area contributed by atoms with Gasteiger partial charge in [0.1, 0.15) is 17.8 Å². The van der Waals surface area contributed by atoms with Crippen molar-refractivity contribution in [3.05, 3.63) is 48.6 Å². The van der Waals surface area contributed by atoms with Crippen LogP contribution < -0.4 is 0 Å². The third kappa shape index (κ3) is 8.68. The SMILES string of the molecule is C=CCN(C(=O)OC(C)(C)C)N(C(=O)OCc1ccccc1)C(=O)OC(C)(C)C. The van der Waals surface area contributed by atoms with Gasteiger partial charge in [0.15, 0.2) is 0 Å². The summed E-state index contributed by atoms with van der Waals surface area (Å²) < 4.78 is 15.8. The Hall–Kier alpha value is -3.03. The molecule has 0 aliphatic rings. The number of hydrazine groups is 1. The minimum atomic E-state index is -1.07. The molecule has 29 heavy (non-hydrogen) atoms. The zero-order chi connectivity index (χ0) is 22.2. The first-order valence-electron chi connectivity index (χ1n) is 9.19. The van der Waals surface area contributed by atoms with Gasteiger partial charge in [-0.05, 0) is 47.1 Å². The van der Waals surface area contributed by atoms with Gasteiger partial charge in [-0.1, -0.05) is 36.4 Å². The molecule has 1 rings (SSSR count). The van der Waals surface area contributed by atoms with Crippen molar-refractivity contribution in [2.75, 3.05) is 6.54 Å². The van der Waals surface area contributed by atoms with Crippen LogP contribution in [0.25, 0.3) is 0 Å². The molecule has 0 heterocycles. The van der Waals surface area contributed by atoms with E-state index in [1.165, 1.54) is 6.08 Å². The van der Waals surface area contributed by atoms with Crippen LogP contribution in [0.2, 0.25) is 0 Å². The maximum Gasteiger partial charge on any atom is 0.439 e. The second-order valence-electron chi connectivity index (χ2n) is 8.18. The molecule has 3 amide bonds. The minimum absolute atomic E-state index is 0.0881. The quantitative estimate of drug-likeness (QED) is 0.402. The van der Waals surface area contributed by atoms with Gasteiger partial charge in [-0.2, -0.15) is 5.01 Å². The van der Waals surface area contributed by atoms with Gasteiger partial charge in [0, 0.05) is 0 Å². The molecule has 0 aliphatic heterocycles. The summed E-state index contributed by atoms with van der Waals surface area (Å²) >= 11 is 0. The van der Waals surface area contributed by atoms with Crippen molar-refractivity contribution in [3.8, 4) is 0 Å². The largest absolute Gasteiger partial charge is 0.443 e. The number of hydrogen-bond acceptors (Lipinski definition) is 6. The average Bonchev–Trinajstić information content (AvgIpc) is 2.57. The summed E-state index contributed by atoms with van der Waals surface area (Å²) in [7, 11) is 0. The van der Waals surface area contributed by atoms with Gasteiger partial charge in [0.25, 0.3) is 0 Å². The first-order valence-corrected chi connectivity index (χ1v) is 9.19. The first-order chi connectivity index (χ1) is 13.3. The van der Waals surface area contributed by atoms with E-state index in [-0.39, 0.29) is 13.2 Å². The van der Waals surface area contributed by atoms with Gasteiger partial charge < -0.3 is 14.2 Å². The Kier molecular flexibility index (Phi) is 8.24. The highest BCUT2D eigenvalue weighted by Gasteiger charge is 2.38. The summed E-state index contributed by atoms with van der Waals surface area (Å²) in [5.74, 6) is 0. The number of carbonyl (C=O) groups is 3. The van der Waals surface area contributed by atoms with Gasteiger partial charge in [0.2, 0.25) is 0 Å². The number of benzene rings is 1. The molecule has 1 aromatic rings. The summed E-state index contributed by atoms with van der Waals surface area (Å²) in [5.41, 5.74) is -1.02. The van der Waals surface area contributed by atoms with Crippen molar-refractivity contribution in [3.63, 3.8) is 0 Å². The Morgan fingerprint density at radius 2 is 1.41 bits per heavy atom. The number of amides is 3. The molecular weight excluding hydrogens is 376 g/mol. The van der Waals surface area contributed by atoms with E-state index in [1.54, 1.807) is 65.8 Å². The Bertz CT molecular complexity index is 719. The Morgan fingerprint density at radius 1 is 0.897 bits per heavy atom. The predicted molar refractivity (Wildman–Crippen MR) is 108 cm³/mol. The van der Waals surface area contributed by atoms with Crippen LogP contribution in [0.4, 0.5) is 14.4 Å². The Morgan fingerprint density at radius 3 is 1.90 bits per heavy atom. The normalized spacial score (nSPS) is 11.2. The van der Waals surface area contributed by atoms with E-state index in [0.717, 1.165) is 10.6 Å². The highest BCUT2D eigenvalue weighted by molar-refractivity contribution is 5.90. The van der Waals surface area contributed by atoms with E-state index in [1.807, 2.05) is 6.07 Å². The number of rotatable bonds is 4. The first kappa shape index (κ1) is 24.0. The van der Waals surface area contributed by atoms with E-state index in [9.17, 15) is 14.4 Å². The smallest absolute Gasteiger partial charge is 0.439 e. The lowest BCUT2D eigenvalue weighted by atomic mass is 10.2. The number of carbonyl (C=O) groups excluding carboxylic acids is 3. The van der Waals surface area contributed by atoms with Crippen LogP contribution in [-0.2, 0) is 20.8 Å². The summed E-state index contributed by atoms with van der Waals surface area (Å²) in [6, 6.07) is 8.94. The average molecular weight is 406 g/mol. The highest BCUT2D eigenvalue weighted by Crippen LogP contribution is 2.17. The molecule has 1 aromatic carbocycles. The molecule has 0 atom stereocenters. The van der Waals surface area contributed by atoms with Crippen LogP contribution in [0.15, 0.2) is 43.0 Å². The maximum atomic E-state index is 12.7. The molecule has 0 saturated carbocycles. The van der Waals surface area contributed by atoms with Crippen molar-refractivity contribution in [2.24, 2.45) is 0 Å². The van der Waals surface area contributed by atoms with E-state index in [0.29, 0.717) is 5.01 Å². The number of hydrogen-bond donors (Lipinski definition) is 0. The van der Waals surface area contributed by atoms with Gasteiger partial charge >= 0.3 is 18.3 Å². The van der Waals surface area contributed by atoms with Crippen molar-refractivity contribution in [1.29, 1.82) is 0 Å². The second kappa shape index (κ2) is 9.95. The van der Waals surface area contributed by atoms with Crippen LogP contribution in [0.3, 0.4) is 0 Å². The van der Waals surface area contributed by atoms with Crippen molar-refractivity contribution < 1.29 is 28.6 Å². The minimum Gasteiger partial charge on any atom is -0.443 e. The number of imide groups is 1. The molecule has 8 heteroatoms. The van der Waals surface area contributed by atoms with Crippen LogP contribution >= 0.6 is 0 Å². The molecule has 160 valence electrons. The molecule has 0 aliphatic carbocycles. The standard InChI is InChI=1S/C21H30N2O6/c1-8-14-22(17(24)28-20(2,3)4)23(19(26)29-21(5,6)7)18(25)27-15-16-12-10-9-11-13-16/h8-13H,1,14-15H2,2-7H3. The molecule has 0 radical (unpaired) electrons. The zero-order valence-electron chi connectivity index (χ0n) is 17.9. The van der Waals surface area contributed by atoms with Crippen LogP contribution in [-0.4, -0.2) is 46.0 Å². The topological polar surface area (TPSA) is 85.4 Å². The molecule has 8 nitrogen and oxygen atoms in total. The molecule has 0 spiro atoms. The predicted octanol–water partition coefficient (Wildman–Crippen LogP) is 4.90. The monoisotopic (exact) mass is 406 g/mol. The summed E-state index contributed by atoms with van der Waals surface area (Å²) in [6.07, 6.45) is -1.70. The van der Waals surface area contributed by atoms with E-state index < -0.39 is 29.5 Å². The van der Waals surface area contributed by atoms with E-state index in [4.69, 9.17) is 14.2 Å². The lowest BCUT2D eigenvalue weighted by molar-refractivity contribution is -0.0547. The van der Waals surface area contributed by atoms with Crippen molar-refractivity contribution in [2.45, 2.75) is 59.4 Å². The summed E-state index contributed by atoms with van der Waals surface area (Å²) in [5, 5.41) is 1.28. The molecule has 0 aromatic heterocycles. The van der Waals surface area contributed by atoms with Crippen LogP contribution in [0.1, 0.15) is 47.1 Å². The van der Waals surface area contributed by atoms with E-state index >= 15 is 0 Å². The Labute approximate surface area is 172 Å². The van der Waals surface area contributed by atoms with Crippen molar-refractivity contribution in [1.82, 2.24) is 10.0 Å². The fraction of sp³-hybridized carbons (Fsp3) is 0.476. The molecular formula is C21H30N2O6. The van der Waals surface area contributed by atoms with Crippen molar-refractivity contribution >= 4 is 18.3 Å². The molecule has 0 N–H and O–H groups in total. The molecule has 0 saturated heterocycles. The fourth-order valence-electron chi connectivity index (χ4n) is 2.03. The lowest BCUT2D eigenvalue weighted by Gasteiger charge is -2.34. The molecule has 0 fully saturated rings. The second-order valence-corrected chi connectivity index (χ2v) is 8.18. The van der Waals surface area contributed by atoms with Gasteiger partial charge in [-0.15, -0.1) is 11.6 Å². The molecule has 0 unspecified atom stereocenters. The Balaban J connectivity index is 3.14. The van der Waals surface area contributed by atoms with Gasteiger partial charge in [-0.25, -0.2) is 14.4 Å². The van der Waals surface area contributed by atoms with Gasteiger partial charge in [-0.3, -0.25) is 0 Å². The number of ether oxygens (including phenoxy) is 3. The van der Waals surface area contributed by atoms with E-state index in [2.05, 4.69) is 6.58 Å². The lowest BCUT2D eigenvalue weighted by Crippen LogP contribution is -2.55. The third-order valence-corrected chi connectivity index (χ3v) is 3.09. The highest BCUT2D eigenvalue weighted by atomic mass is 16.6. The maximum absolute atomic E-state index is 12.7. The third-order valence-electron chi connectivity index (χ3n) is 3.09. The fourth-order valence-corrected chi connectivity index (χ4v) is 2.03. The van der Waals surface area contributed by atoms with Crippen LogP contribution in [0.5, 0.6) is 0 Å². The summed E-state index contributed by atoms with van der Waals surface area (Å²) in [4.78, 5) is 38.1. The van der Waals surface area contributed by atoms with Crippen LogP contribution in [0, 0.1) is 0 Å². The van der Waals surface area contributed by atoms with Gasteiger partial charge in [0.05, 0.1) is 6.54 Å².